The van der Waals surface area contributed by atoms with Gasteiger partial charge in [-0.2, -0.15) is 5.26 Å². The summed E-state index contributed by atoms with van der Waals surface area (Å²) in [6.45, 7) is 0.559. The van der Waals surface area contributed by atoms with Gasteiger partial charge in [0.1, 0.15) is 11.6 Å². The fourth-order valence-electron chi connectivity index (χ4n) is 3.09. The van der Waals surface area contributed by atoms with Crippen molar-refractivity contribution in [2.75, 3.05) is 6.54 Å². The van der Waals surface area contributed by atoms with Crippen molar-refractivity contribution >= 4 is 17.5 Å². The second kappa shape index (κ2) is 10.8. The van der Waals surface area contributed by atoms with E-state index in [-0.39, 0.29) is 11.6 Å². The van der Waals surface area contributed by atoms with E-state index in [1.54, 1.807) is 0 Å². The first-order valence-electron chi connectivity index (χ1n) is 9.67. The van der Waals surface area contributed by atoms with Gasteiger partial charge >= 0.3 is 0 Å². The molecule has 5 heteroatoms. The first-order valence-corrected chi connectivity index (χ1v) is 10.0. The Bertz CT molecular complexity index is 1000. The van der Waals surface area contributed by atoms with Crippen LogP contribution in [0.1, 0.15) is 22.7 Å². The molecule has 0 aromatic heterocycles. The molecular formula is C25H22ClN3O. The van der Waals surface area contributed by atoms with E-state index < -0.39 is 5.91 Å². The number of nitrogens with zero attached hydrogens (tertiary/aromatic N) is 1. The standard InChI is InChI=1S/C25H22ClN3O/c26-23-14-8-7-9-19(23)15-16-28-18-22(17-27)25(30)29-24(20-10-3-1-4-11-20)21-12-5-2-6-13-21/h1-14,18,24,28H,15-16H2,(H,29,30)/b22-18-. The summed E-state index contributed by atoms with van der Waals surface area (Å²) in [5, 5.41) is 16.2. The van der Waals surface area contributed by atoms with Crippen LogP contribution in [0.3, 0.4) is 0 Å². The highest BCUT2D eigenvalue weighted by Crippen LogP contribution is 2.22. The van der Waals surface area contributed by atoms with Gasteiger partial charge in [0.05, 0.1) is 6.04 Å². The minimum Gasteiger partial charge on any atom is -0.389 e. The van der Waals surface area contributed by atoms with E-state index in [4.69, 9.17) is 11.6 Å². The van der Waals surface area contributed by atoms with E-state index >= 15 is 0 Å². The maximum Gasteiger partial charge on any atom is 0.264 e. The van der Waals surface area contributed by atoms with E-state index in [1.807, 2.05) is 91.0 Å². The zero-order valence-electron chi connectivity index (χ0n) is 16.4. The molecule has 3 aromatic carbocycles. The summed E-state index contributed by atoms with van der Waals surface area (Å²) >= 11 is 6.16. The number of halogens is 1. The van der Waals surface area contributed by atoms with Gasteiger partial charge in [-0.1, -0.05) is 90.5 Å². The Kier molecular flexibility index (Phi) is 7.65. The number of nitrogens with one attached hydrogen (secondary N) is 2. The van der Waals surface area contributed by atoms with Crippen LogP contribution in [0.4, 0.5) is 0 Å². The SMILES string of the molecule is N#C/C(=C/NCCc1ccccc1Cl)C(=O)NC(c1ccccc1)c1ccccc1. The third-order valence-corrected chi connectivity index (χ3v) is 5.02. The van der Waals surface area contributed by atoms with Gasteiger partial charge in [-0.25, -0.2) is 0 Å². The topological polar surface area (TPSA) is 64.9 Å². The highest BCUT2D eigenvalue weighted by molar-refractivity contribution is 6.31. The van der Waals surface area contributed by atoms with Crippen molar-refractivity contribution in [1.29, 1.82) is 5.26 Å². The molecule has 3 rings (SSSR count). The van der Waals surface area contributed by atoms with Gasteiger partial charge in [0.25, 0.3) is 5.91 Å². The first-order chi connectivity index (χ1) is 14.7. The second-order valence-corrected chi connectivity index (χ2v) is 7.10. The largest absolute Gasteiger partial charge is 0.389 e. The maximum atomic E-state index is 12.8. The summed E-state index contributed by atoms with van der Waals surface area (Å²) in [6.07, 6.45) is 2.15. The number of hydrogen-bond acceptors (Lipinski definition) is 3. The Morgan fingerprint density at radius 3 is 2.07 bits per heavy atom. The molecule has 0 saturated carbocycles. The molecule has 1 amide bonds. The Labute approximate surface area is 181 Å². The van der Waals surface area contributed by atoms with Crippen LogP contribution >= 0.6 is 11.6 Å². The Hall–Kier alpha value is -3.55. The predicted molar refractivity (Wildman–Crippen MR) is 120 cm³/mol. The van der Waals surface area contributed by atoms with Crippen molar-refractivity contribution in [2.45, 2.75) is 12.5 Å². The fraction of sp³-hybridized carbons (Fsp3) is 0.120. The lowest BCUT2D eigenvalue weighted by Crippen LogP contribution is -2.31. The number of carbonyl (C=O) groups excluding carboxylic acids is 1. The first kappa shape index (κ1) is 21.2. The Balaban J connectivity index is 1.68. The van der Waals surface area contributed by atoms with Gasteiger partial charge < -0.3 is 10.6 Å². The monoisotopic (exact) mass is 415 g/mol. The summed E-state index contributed by atoms with van der Waals surface area (Å²) in [6, 6.07) is 28.6. The second-order valence-electron chi connectivity index (χ2n) is 6.69. The third-order valence-electron chi connectivity index (χ3n) is 4.65. The molecule has 0 aliphatic heterocycles. The minimum atomic E-state index is -0.430. The molecule has 0 fully saturated rings. The molecule has 0 aliphatic rings. The van der Waals surface area contributed by atoms with E-state index in [2.05, 4.69) is 10.6 Å². The van der Waals surface area contributed by atoms with E-state index in [0.717, 1.165) is 16.7 Å². The lowest BCUT2D eigenvalue weighted by molar-refractivity contribution is -0.117. The molecular weight excluding hydrogens is 394 g/mol. The van der Waals surface area contributed by atoms with Gasteiger partial charge in [0.2, 0.25) is 0 Å². The third kappa shape index (κ3) is 5.73. The van der Waals surface area contributed by atoms with Crippen LogP contribution in [0.15, 0.2) is 96.7 Å². The molecule has 0 aliphatic carbocycles. The molecule has 0 atom stereocenters. The average molecular weight is 416 g/mol. The lowest BCUT2D eigenvalue weighted by Gasteiger charge is -2.19. The molecule has 0 heterocycles. The van der Waals surface area contributed by atoms with Gasteiger partial charge in [-0.3, -0.25) is 4.79 Å². The number of nitriles is 1. The lowest BCUT2D eigenvalue weighted by atomic mass is 9.98. The molecule has 2 N–H and O–H groups in total. The van der Waals surface area contributed by atoms with Gasteiger partial charge in [-0.15, -0.1) is 0 Å². The van der Waals surface area contributed by atoms with Crippen LogP contribution in [-0.4, -0.2) is 12.5 Å². The number of amides is 1. The smallest absolute Gasteiger partial charge is 0.264 e. The van der Waals surface area contributed by atoms with Gasteiger partial charge in [-0.05, 0) is 29.2 Å². The number of hydrogen-bond donors (Lipinski definition) is 2. The summed E-state index contributed by atoms with van der Waals surface area (Å²) in [7, 11) is 0. The number of rotatable bonds is 8. The summed E-state index contributed by atoms with van der Waals surface area (Å²) in [5.41, 5.74) is 2.92. The van der Waals surface area contributed by atoms with Gasteiger partial charge in [0, 0.05) is 17.8 Å². The van der Waals surface area contributed by atoms with Crippen molar-refractivity contribution < 1.29 is 4.79 Å². The normalized spacial score (nSPS) is 11.0. The summed E-state index contributed by atoms with van der Waals surface area (Å²) < 4.78 is 0. The number of benzene rings is 3. The molecule has 0 unspecified atom stereocenters. The van der Waals surface area contributed by atoms with Crippen LogP contribution in [-0.2, 0) is 11.2 Å². The van der Waals surface area contributed by atoms with E-state index in [0.29, 0.717) is 18.0 Å². The quantitative estimate of drug-likeness (QED) is 0.316. The highest BCUT2D eigenvalue weighted by atomic mass is 35.5. The van der Waals surface area contributed by atoms with Crippen LogP contribution in [0.25, 0.3) is 0 Å². The predicted octanol–water partition coefficient (Wildman–Crippen LogP) is 4.79. The van der Waals surface area contributed by atoms with Crippen molar-refractivity contribution in [3.8, 4) is 6.07 Å². The van der Waals surface area contributed by atoms with E-state index in [1.165, 1.54) is 6.20 Å². The highest BCUT2D eigenvalue weighted by Gasteiger charge is 2.19. The van der Waals surface area contributed by atoms with Crippen LogP contribution in [0.5, 0.6) is 0 Å². The molecule has 4 nitrogen and oxygen atoms in total. The molecule has 0 radical (unpaired) electrons. The molecule has 0 bridgehead atoms. The Morgan fingerprint density at radius 2 is 1.50 bits per heavy atom. The number of carbonyl (C=O) groups is 1. The van der Waals surface area contributed by atoms with Crippen LogP contribution in [0.2, 0.25) is 5.02 Å². The zero-order valence-corrected chi connectivity index (χ0v) is 17.1. The maximum absolute atomic E-state index is 12.8. The summed E-state index contributed by atoms with van der Waals surface area (Å²) in [4.78, 5) is 12.8. The van der Waals surface area contributed by atoms with Crippen LogP contribution < -0.4 is 10.6 Å². The van der Waals surface area contributed by atoms with Crippen LogP contribution in [0, 0.1) is 11.3 Å². The molecule has 30 heavy (non-hydrogen) atoms. The van der Waals surface area contributed by atoms with Crippen molar-refractivity contribution in [1.82, 2.24) is 10.6 Å². The van der Waals surface area contributed by atoms with E-state index in [9.17, 15) is 10.1 Å². The molecule has 0 saturated heterocycles. The van der Waals surface area contributed by atoms with Crippen molar-refractivity contribution in [3.05, 3.63) is 118 Å². The van der Waals surface area contributed by atoms with Crippen molar-refractivity contribution in [3.63, 3.8) is 0 Å². The Morgan fingerprint density at radius 1 is 0.933 bits per heavy atom. The zero-order chi connectivity index (χ0) is 21.2. The molecule has 3 aromatic rings. The van der Waals surface area contributed by atoms with Gasteiger partial charge in [0.15, 0.2) is 0 Å². The summed E-state index contributed by atoms with van der Waals surface area (Å²) in [5.74, 6) is -0.430. The molecule has 150 valence electrons. The van der Waals surface area contributed by atoms with Crippen molar-refractivity contribution in [2.24, 2.45) is 0 Å². The minimum absolute atomic E-state index is 0.0195. The average Bonchev–Trinajstić information content (AvgIpc) is 2.79. The molecule has 0 spiro atoms. The fourth-order valence-corrected chi connectivity index (χ4v) is 3.32.